The highest BCUT2D eigenvalue weighted by Gasteiger charge is 2.35. The van der Waals surface area contributed by atoms with Crippen LogP contribution in [0.5, 0.6) is 0 Å². The number of carbonyl (C=O) groups excluding carboxylic acids is 1. The molecule has 23 heavy (non-hydrogen) atoms. The molecule has 0 saturated heterocycles. The van der Waals surface area contributed by atoms with Gasteiger partial charge in [0, 0.05) is 18.8 Å². The molecule has 0 bridgehead atoms. The molecule has 2 rings (SSSR count). The summed E-state index contributed by atoms with van der Waals surface area (Å²) < 4.78 is 29.0. The van der Waals surface area contributed by atoms with Crippen LogP contribution in [0.3, 0.4) is 0 Å². The molecule has 0 aromatic heterocycles. The van der Waals surface area contributed by atoms with Crippen LogP contribution in [0.1, 0.15) is 41.6 Å². The summed E-state index contributed by atoms with van der Waals surface area (Å²) in [6.45, 7) is 0.530. The lowest BCUT2D eigenvalue weighted by Gasteiger charge is -2.37. The first-order valence-corrected chi connectivity index (χ1v) is 9.85. The number of benzene rings is 1. The Morgan fingerprint density at radius 2 is 1.91 bits per heavy atom. The molecule has 1 aliphatic carbocycles. The summed E-state index contributed by atoms with van der Waals surface area (Å²) in [7, 11) is 0.221. The Hall–Kier alpha value is -1.40. The Morgan fingerprint density at radius 3 is 2.57 bits per heavy atom. The van der Waals surface area contributed by atoms with E-state index in [-0.39, 0.29) is 17.3 Å². The Bertz CT molecular complexity index is 656. The van der Waals surface area contributed by atoms with E-state index in [0.717, 1.165) is 24.8 Å². The van der Waals surface area contributed by atoms with E-state index in [2.05, 4.69) is 4.90 Å². The van der Waals surface area contributed by atoms with Crippen LogP contribution in [0, 0.1) is 0 Å². The molecule has 1 aromatic carbocycles. The van der Waals surface area contributed by atoms with Gasteiger partial charge in [-0.05, 0) is 31.5 Å². The summed E-state index contributed by atoms with van der Waals surface area (Å²) in [5.41, 5.74) is 1.40. The summed E-state index contributed by atoms with van der Waals surface area (Å²) in [5.74, 6) is -0.364. The van der Waals surface area contributed by atoms with Crippen LogP contribution in [-0.4, -0.2) is 51.0 Å². The number of esters is 1. The molecule has 0 unspecified atom stereocenters. The van der Waals surface area contributed by atoms with Crippen molar-refractivity contribution in [3.63, 3.8) is 0 Å². The van der Waals surface area contributed by atoms with Crippen molar-refractivity contribution in [2.24, 2.45) is 0 Å². The second kappa shape index (κ2) is 7.45. The summed E-state index contributed by atoms with van der Waals surface area (Å²) in [6, 6.07) is 7.30. The molecule has 1 aromatic rings. The van der Waals surface area contributed by atoms with Gasteiger partial charge in [-0.1, -0.05) is 31.0 Å². The van der Waals surface area contributed by atoms with Crippen LogP contribution in [0.2, 0.25) is 0 Å². The molecule has 0 N–H and O–H groups in total. The molecule has 0 radical (unpaired) electrons. The molecule has 1 saturated carbocycles. The number of hydrogen-bond acceptors (Lipinski definition) is 5. The Kier molecular flexibility index (Phi) is 5.81. The van der Waals surface area contributed by atoms with E-state index in [1.54, 1.807) is 12.1 Å². The van der Waals surface area contributed by atoms with Gasteiger partial charge in [0.15, 0.2) is 9.84 Å². The zero-order chi connectivity index (χ0) is 17.0. The van der Waals surface area contributed by atoms with Gasteiger partial charge >= 0.3 is 5.97 Å². The summed E-state index contributed by atoms with van der Waals surface area (Å²) >= 11 is 0. The molecule has 1 fully saturated rings. The average Bonchev–Trinajstić information content (AvgIpc) is 2.54. The van der Waals surface area contributed by atoms with Gasteiger partial charge in [0.2, 0.25) is 0 Å². The lowest BCUT2D eigenvalue weighted by atomic mass is 9.93. The Labute approximate surface area is 138 Å². The van der Waals surface area contributed by atoms with Gasteiger partial charge in [-0.2, -0.15) is 0 Å². The molecular formula is C17H25NO4S. The van der Waals surface area contributed by atoms with E-state index < -0.39 is 9.84 Å². The van der Waals surface area contributed by atoms with Crippen molar-refractivity contribution >= 4 is 15.8 Å². The van der Waals surface area contributed by atoms with Gasteiger partial charge in [0.25, 0.3) is 0 Å². The zero-order valence-corrected chi connectivity index (χ0v) is 14.8. The minimum atomic E-state index is -3.08. The Balaban J connectivity index is 2.21. The van der Waals surface area contributed by atoms with Crippen molar-refractivity contribution in [3.8, 4) is 0 Å². The van der Waals surface area contributed by atoms with E-state index >= 15 is 0 Å². The second-order valence-electron chi connectivity index (χ2n) is 6.28. The van der Waals surface area contributed by atoms with Crippen molar-refractivity contribution in [2.45, 2.75) is 43.5 Å². The summed E-state index contributed by atoms with van der Waals surface area (Å²) in [6.07, 6.45) is 4.91. The minimum absolute atomic E-state index is 0.00977. The van der Waals surface area contributed by atoms with Crippen LogP contribution >= 0.6 is 0 Å². The van der Waals surface area contributed by atoms with E-state index in [1.165, 1.54) is 13.4 Å². The monoisotopic (exact) mass is 339 g/mol. The van der Waals surface area contributed by atoms with Gasteiger partial charge in [-0.15, -0.1) is 0 Å². The highest BCUT2D eigenvalue weighted by atomic mass is 32.2. The number of carbonyl (C=O) groups is 1. The molecule has 128 valence electrons. The largest absolute Gasteiger partial charge is 0.465 e. The third kappa shape index (κ3) is 4.32. The van der Waals surface area contributed by atoms with Crippen LogP contribution in [0.25, 0.3) is 0 Å². The number of methoxy groups -OCH3 is 1. The van der Waals surface area contributed by atoms with Gasteiger partial charge in [-0.25, -0.2) is 13.2 Å². The summed E-state index contributed by atoms with van der Waals surface area (Å²) in [5, 5.41) is -0.327. The third-order valence-electron chi connectivity index (χ3n) is 4.63. The zero-order valence-electron chi connectivity index (χ0n) is 14.0. The summed E-state index contributed by atoms with van der Waals surface area (Å²) in [4.78, 5) is 13.9. The van der Waals surface area contributed by atoms with Gasteiger partial charge in [-0.3, -0.25) is 4.90 Å². The standard InChI is InChI=1S/C17H25NO4S/c1-18(15-10-6-7-11-16(15)23(3,20)21)12-13-8-4-5-9-14(13)17(19)22-2/h4-5,8-9,15-16H,6-7,10-12H2,1-3H3/t15-,16+/m0/s1. The maximum atomic E-state index is 12.1. The molecule has 0 amide bonds. The van der Waals surface area contributed by atoms with E-state index in [0.29, 0.717) is 18.5 Å². The molecule has 5 nitrogen and oxygen atoms in total. The normalized spacial score (nSPS) is 22.1. The number of ether oxygens (including phenoxy) is 1. The molecule has 0 heterocycles. The number of rotatable bonds is 5. The predicted molar refractivity (Wildman–Crippen MR) is 90.1 cm³/mol. The quantitative estimate of drug-likeness (QED) is 0.770. The van der Waals surface area contributed by atoms with Crippen molar-refractivity contribution in [2.75, 3.05) is 20.4 Å². The Morgan fingerprint density at radius 1 is 1.26 bits per heavy atom. The first-order valence-electron chi connectivity index (χ1n) is 7.90. The molecule has 0 spiro atoms. The fraction of sp³-hybridized carbons (Fsp3) is 0.588. The van der Waals surface area contributed by atoms with Gasteiger partial charge < -0.3 is 4.74 Å². The van der Waals surface area contributed by atoms with Crippen molar-refractivity contribution in [1.29, 1.82) is 0 Å². The maximum Gasteiger partial charge on any atom is 0.338 e. The van der Waals surface area contributed by atoms with Crippen LogP contribution in [-0.2, 0) is 21.1 Å². The smallest absolute Gasteiger partial charge is 0.338 e. The first kappa shape index (κ1) is 17.9. The fourth-order valence-electron chi connectivity index (χ4n) is 3.43. The lowest BCUT2D eigenvalue weighted by Crippen LogP contribution is -2.46. The van der Waals surface area contributed by atoms with Gasteiger partial charge in [0.1, 0.15) is 0 Å². The maximum absolute atomic E-state index is 12.1. The van der Waals surface area contributed by atoms with E-state index in [1.807, 2.05) is 19.2 Å². The molecule has 0 aliphatic heterocycles. The van der Waals surface area contributed by atoms with Crippen LogP contribution in [0.4, 0.5) is 0 Å². The minimum Gasteiger partial charge on any atom is -0.465 e. The second-order valence-corrected chi connectivity index (χ2v) is 8.55. The van der Waals surface area contributed by atoms with E-state index in [9.17, 15) is 13.2 Å². The van der Waals surface area contributed by atoms with Crippen LogP contribution in [0.15, 0.2) is 24.3 Å². The molecule has 2 atom stereocenters. The average molecular weight is 339 g/mol. The SMILES string of the molecule is COC(=O)c1ccccc1CN(C)[C@H]1CCCC[C@H]1S(C)(=O)=O. The van der Waals surface area contributed by atoms with E-state index in [4.69, 9.17) is 4.74 Å². The predicted octanol–water partition coefficient (Wildman–Crippen LogP) is 2.26. The first-order chi connectivity index (χ1) is 10.8. The third-order valence-corrected chi connectivity index (χ3v) is 6.28. The number of hydrogen-bond donors (Lipinski definition) is 0. The topological polar surface area (TPSA) is 63.7 Å². The van der Waals surface area contributed by atoms with Crippen LogP contribution < -0.4 is 0 Å². The molecule has 6 heteroatoms. The highest BCUT2D eigenvalue weighted by Crippen LogP contribution is 2.28. The van der Waals surface area contributed by atoms with Crippen molar-refractivity contribution < 1.29 is 17.9 Å². The lowest BCUT2D eigenvalue weighted by molar-refractivity contribution is 0.0597. The van der Waals surface area contributed by atoms with Crippen molar-refractivity contribution in [1.82, 2.24) is 4.90 Å². The van der Waals surface area contributed by atoms with Crippen molar-refractivity contribution in [3.05, 3.63) is 35.4 Å². The number of sulfone groups is 1. The van der Waals surface area contributed by atoms with Gasteiger partial charge in [0.05, 0.1) is 17.9 Å². The highest BCUT2D eigenvalue weighted by molar-refractivity contribution is 7.91. The fourth-order valence-corrected chi connectivity index (χ4v) is 4.94. The molecule has 1 aliphatic rings. The molecular weight excluding hydrogens is 314 g/mol. The number of nitrogens with zero attached hydrogens (tertiary/aromatic N) is 1.